The van der Waals surface area contributed by atoms with Gasteiger partial charge in [-0.2, -0.15) is 0 Å². The SMILES string of the molecule is C=C(C)CN(CC)C(=O)C1CC(=O)N(Cc2ccccn2)C1. The van der Waals surface area contributed by atoms with E-state index < -0.39 is 0 Å². The summed E-state index contributed by atoms with van der Waals surface area (Å²) in [6, 6.07) is 5.64. The van der Waals surface area contributed by atoms with Gasteiger partial charge in [-0.3, -0.25) is 14.6 Å². The molecule has 0 aromatic carbocycles. The number of nitrogens with zero attached hydrogens (tertiary/aromatic N) is 3. The summed E-state index contributed by atoms with van der Waals surface area (Å²) >= 11 is 0. The molecule has 1 unspecified atom stereocenters. The molecule has 118 valence electrons. The Labute approximate surface area is 131 Å². The van der Waals surface area contributed by atoms with E-state index in [0.717, 1.165) is 11.3 Å². The molecule has 5 heteroatoms. The molecule has 0 N–H and O–H groups in total. The first-order chi connectivity index (χ1) is 10.5. The first kappa shape index (κ1) is 16.2. The van der Waals surface area contributed by atoms with Gasteiger partial charge in [0.2, 0.25) is 11.8 Å². The summed E-state index contributed by atoms with van der Waals surface area (Å²) in [5.41, 5.74) is 1.79. The molecule has 2 heterocycles. The molecule has 1 aliphatic rings. The molecule has 1 atom stereocenters. The average Bonchev–Trinajstić information content (AvgIpc) is 2.86. The second-order valence-electron chi connectivity index (χ2n) is 5.81. The van der Waals surface area contributed by atoms with Crippen LogP contribution in [-0.4, -0.2) is 46.2 Å². The number of amides is 2. The minimum absolute atomic E-state index is 0.0235. The van der Waals surface area contributed by atoms with Crippen LogP contribution in [0.3, 0.4) is 0 Å². The van der Waals surface area contributed by atoms with Crippen molar-refractivity contribution in [3.63, 3.8) is 0 Å². The summed E-state index contributed by atoms with van der Waals surface area (Å²) in [5, 5.41) is 0. The molecule has 5 nitrogen and oxygen atoms in total. The number of likely N-dealkylation sites (N-methyl/N-ethyl adjacent to an activating group) is 1. The Morgan fingerprint density at radius 1 is 1.50 bits per heavy atom. The smallest absolute Gasteiger partial charge is 0.228 e. The van der Waals surface area contributed by atoms with Gasteiger partial charge in [-0.15, -0.1) is 0 Å². The largest absolute Gasteiger partial charge is 0.339 e. The zero-order valence-electron chi connectivity index (χ0n) is 13.3. The number of hydrogen-bond acceptors (Lipinski definition) is 3. The number of aromatic nitrogens is 1. The third-order valence-electron chi connectivity index (χ3n) is 3.80. The lowest BCUT2D eigenvalue weighted by Gasteiger charge is -2.24. The molecule has 0 aliphatic carbocycles. The Morgan fingerprint density at radius 3 is 2.86 bits per heavy atom. The molecular formula is C17H23N3O2. The standard InChI is InChI=1S/C17H23N3O2/c1-4-19(10-13(2)3)17(22)14-9-16(21)20(11-14)12-15-7-5-6-8-18-15/h5-8,14H,2,4,9-12H2,1,3H3. The van der Waals surface area contributed by atoms with Gasteiger partial charge in [0.05, 0.1) is 18.2 Å². The van der Waals surface area contributed by atoms with Gasteiger partial charge in [-0.1, -0.05) is 18.2 Å². The van der Waals surface area contributed by atoms with Crippen LogP contribution in [0.25, 0.3) is 0 Å². The predicted molar refractivity (Wildman–Crippen MR) is 84.8 cm³/mol. The molecule has 1 saturated heterocycles. The monoisotopic (exact) mass is 301 g/mol. The fourth-order valence-electron chi connectivity index (χ4n) is 2.71. The molecular weight excluding hydrogens is 278 g/mol. The molecule has 1 aromatic rings. The molecule has 0 bridgehead atoms. The fourth-order valence-corrected chi connectivity index (χ4v) is 2.71. The van der Waals surface area contributed by atoms with E-state index in [0.29, 0.717) is 32.6 Å². The highest BCUT2D eigenvalue weighted by Crippen LogP contribution is 2.22. The van der Waals surface area contributed by atoms with E-state index in [1.165, 1.54) is 0 Å². The molecule has 1 aliphatic heterocycles. The number of likely N-dealkylation sites (tertiary alicyclic amines) is 1. The van der Waals surface area contributed by atoms with Gasteiger partial charge in [0.1, 0.15) is 0 Å². The minimum atomic E-state index is -0.254. The van der Waals surface area contributed by atoms with Crippen LogP contribution in [-0.2, 0) is 16.1 Å². The zero-order valence-corrected chi connectivity index (χ0v) is 13.3. The molecule has 0 radical (unpaired) electrons. The van der Waals surface area contributed by atoms with Crippen molar-refractivity contribution in [1.29, 1.82) is 0 Å². The van der Waals surface area contributed by atoms with Gasteiger partial charge in [0.25, 0.3) is 0 Å². The topological polar surface area (TPSA) is 53.5 Å². The highest BCUT2D eigenvalue weighted by molar-refractivity contribution is 5.89. The molecule has 2 amide bonds. The van der Waals surface area contributed by atoms with Gasteiger partial charge < -0.3 is 9.80 Å². The van der Waals surface area contributed by atoms with Gasteiger partial charge in [0, 0.05) is 32.3 Å². The van der Waals surface area contributed by atoms with Gasteiger partial charge in [0.15, 0.2) is 0 Å². The summed E-state index contributed by atoms with van der Waals surface area (Å²) in [5.74, 6) is -0.187. The Bertz CT molecular complexity index is 556. The van der Waals surface area contributed by atoms with Gasteiger partial charge in [-0.25, -0.2) is 0 Å². The third kappa shape index (κ3) is 3.93. The molecule has 2 rings (SSSR count). The van der Waals surface area contributed by atoms with Gasteiger partial charge >= 0.3 is 0 Å². The quantitative estimate of drug-likeness (QED) is 0.754. The van der Waals surface area contributed by atoms with Crippen LogP contribution >= 0.6 is 0 Å². The van der Waals surface area contributed by atoms with Crippen LogP contribution in [0.4, 0.5) is 0 Å². The third-order valence-corrected chi connectivity index (χ3v) is 3.80. The second kappa shape index (κ2) is 7.20. The first-order valence-electron chi connectivity index (χ1n) is 7.62. The maximum absolute atomic E-state index is 12.5. The molecule has 1 aromatic heterocycles. The van der Waals surface area contributed by atoms with Crippen molar-refractivity contribution in [2.24, 2.45) is 5.92 Å². The van der Waals surface area contributed by atoms with Crippen molar-refractivity contribution in [2.45, 2.75) is 26.8 Å². The van der Waals surface area contributed by atoms with E-state index in [1.807, 2.05) is 32.0 Å². The summed E-state index contributed by atoms with van der Waals surface area (Å²) < 4.78 is 0. The van der Waals surface area contributed by atoms with Crippen LogP contribution in [0.5, 0.6) is 0 Å². The zero-order chi connectivity index (χ0) is 16.1. The van der Waals surface area contributed by atoms with E-state index in [1.54, 1.807) is 16.0 Å². The van der Waals surface area contributed by atoms with Crippen molar-refractivity contribution >= 4 is 11.8 Å². The molecule has 0 spiro atoms. The van der Waals surface area contributed by atoms with Crippen LogP contribution < -0.4 is 0 Å². The number of hydrogen-bond donors (Lipinski definition) is 0. The van der Waals surface area contributed by atoms with Crippen LogP contribution in [0.2, 0.25) is 0 Å². The summed E-state index contributed by atoms with van der Waals surface area (Å²) in [6.07, 6.45) is 2.00. The normalized spacial score (nSPS) is 17.6. The highest BCUT2D eigenvalue weighted by Gasteiger charge is 2.36. The van der Waals surface area contributed by atoms with Crippen molar-refractivity contribution in [3.8, 4) is 0 Å². The van der Waals surface area contributed by atoms with Crippen molar-refractivity contribution < 1.29 is 9.59 Å². The minimum Gasteiger partial charge on any atom is -0.339 e. The predicted octanol–water partition coefficient (Wildman–Crippen LogP) is 1.85. The van der Waals surface area contributed by atoms with Crippen molar-refractivity contribution in [3.05, 3.63) is 42.2 Å². The lowest BCUT2D eigenvalue weighted by Crippen LogP contribution is -2.38. The van der Waals surface area contributed by atoms with Crippen LogP contribution in [0.15, 0.2) is 36.5 Å². The molecule has 22 heavy (non-hydrogen) atoms. The fraction of sp³-hybridized carbons (Fsp3) is 0.471. The Kier molecular flexibility index (Phi) is 5.31. The van der Waals surface area contributed by atoms with E-state index in [4.69, 9.17) is 0 Å². The van der Waals surface area contributed by atoms with Crippen molar-refractivity contribution in [2.75, 3.05) is 19.6 Å². The summed E-state index contributed by atoms with van der Waals surface area (Å²) in [4.78, 5) is 32.4. The Hall–Kier alpha value is -2.17. The lowest BCUT2D eigenvalue weighted by molar-refractivity contribution is -0.135. The number of carbonyl (C=O) groups excluding carboxylic acids is 2. The first-order valence-corrected chi connectivity index (χ1v) is 7.62. The van der Waals surface area contributed by atoms with E-state index >= 15 is 0 Å². The van der Waals surface area contributed by atoms with E-state index in [-0.39, 0.29) is 17.7 Å². The van der Waals surface area contributed by atoms with Crippen LogP contribution in [0.1, 0.15) is 26.0 Å². The lowest BCUT2D eigenvalue weighted by atomic mass is 10.1. The van der Waals surface area contributed by atoms with Gasteiger partial charge in [-0.05, 0) is 26.0 Å². The second-order valence-corrected chi connectivity index (χ2v) is 5.81. The maximum Gasteiger partial charge on any atom is 0.228 e. The maximum atomic E-state index is 12.5. The number of carbonyl (C=O) groups is 2. The number of pyridine rings is 1. The number of rotatable bonds is 6. The van der Waals surface area contributed by atoms with Crippen LogP contribution in [0, 0.1) is 5.92 Å². The molecule has 1 fully saturated rings. The highest BCUT2D eigenvalue weighted by atomic mass is 16.2. The van der Waals surface area contributed by atoms with Crippen molar-refractivity contribution in [1.82, 2.24) is 14.8 Å². The average molecular weight is 301 g/mol. The van der Waals surface area contributed by atoms with E-state index in [9.17, 15) is 9.59 Å². The Morgan fingerprint density at radius 2 is 2.27 bits per heavy atom. The summed E-state index contributed by atoms with van der Waals surface area (Å²) in [7, 11) is 0. The molecule has 0 saturated carbocycles. The summed E-state index contributed by atoms with van der Waals surface area (Å²) in [6.45, 7) is 9.84. The van der Waals surface area contributed by atoms with E-state index in [2.05, 4.69) is 11.6 Å². The Balaban J connectivity index is 1.99.